The summed E-state index contributed by atoms with van der Waals surface area (Å²) in [5, 5.41) is 13.6. The van der Waals surface area contributed by atoms with Gasteiger partial charge in [-0.05, 0) is 12.5 Å². The summed E-state index contributed by atoms with van der Waals surface area (Å²) < 4.78 is 10.2. The second kappa shape index (κ2) is 5.61. The minimum Gasteiger partial charge on any atom is -0.386 e. The molecule has 0 amide bonds. The van der Waals surface area contributed by atoms with Crippen molar-refractivity contribution in [1.29, 1.82) is 0 Å². The zero-order valence-electron chi connectivity index (χ0n) is 9.67. The highest BCUT2D eigenvalue weighted by Gasteiger charge is 2.13. The van der Waals surface area contributed by atoms with Crippen LogP contribution in [0.4, 0.5) is 0 Å². The van der Waals surface area contributed by atoms with Crippen LogP contribution in [-0.4, -0.2) is 16.9 Å². The van der Waals surface area contributed by atoms with Gasteiger partial charge in [-0.3, -0.25) is 0 Å². The SMILES string of the molecule is Cc1nocc1[C@H](O)COCc1ccccc1. The van der Waals surface area contributed by atoms with Crippen LogP contribution in [0, 0.1) is 6.92 Å². The topological polar surface area (TPSA) is 55.5 Å². The van der Waals surface area contributed by atoms with Gasteiger partial charge in [-0.25, -0.2) is 0 Å². The number of aryl methyl sites for hydroxylation is 1. The molecule has 0 saturated carbocycles. The Kier molecular flexibility index (Phi) is 3.90. The van der Waals surface area contributed by atoms with Gasteiger partial charge in [0.2, 0.25) is 0 Å². The van der Waals surface area contributed by atoms with E-state index in [1.54, 1.807) is 6.92 Å². The lowest BCUT2D eigenvalue weighted by molar-refractivity contribution is 0.0272. The van der Waals surface area contributed by atoms with Gasteiger partial charge in [-0.15, -0.1) is 0 Å². The Labute approximate surface area is 99.8 Å². The smallest absolute Gasteiger partial charge is 0.129 e. The highest BCUT2D eigenvalue weighted by atomic mass is 16.5. The molecule has 1 heterocycles. The number of hydrogen-bond acceptors (Lipinski definition) is 4. The third-order valence-electron chi connectivity index (χ3n) is 2.53. The number of aliphatic hydroxyl groups is 1. The molecule has 0 fully saturated rings. The third-order valence-corrected chi connectivity index (χ3v) is 2.53. The Morgan fingerprint density at radius 1 is 1.35 bits per heavy atom. The Hall–Kier alpha value is -1.65. The van der Waals surface area contributed by atoms with E-state index in [0.717, 1.165) is 5.56 Å². The molecule has 90 valence electrons. The fourth-order valence-electron chi connectivity index (χ4n) is 1.57. The quantitative estimate of drug-likeness (QED) is 0.860. The normalized spacial score (nSPS) is 12.6. The van der Waals surface area contributed by atoms with E-state index in [4.69, 9.17) is 9.26 Å². The maximum Gasteiger partial charge on any atom is 0.129 e. The molecule has 1 N–H and O–H groups in total. The van der Waals surface area contributed by atoms with Crippen molar-refractivity contribution in [3.63, 3.8) is 0 Å². The zero-order chi connectivity index (χ0) is 12.1. The lowest BCUT2D eigenvalue weighted by Gasteiger charge is -2.09. The van der Waals surface area contributed by atoms with Crippen molar-refractivity contribution in [3.8, 4) is 0 Å². The summed E-state index contributed by atoms with van der Waals surface area (Å²) in [6.07, 6.45) is 0.760. The highest BCUT2D eigenvalue weighted by molar-refractivity contribution is 5.16. The molecule has 4 nitrogen and oxygen atoms in total. The van der Waals surface area contributed by atoms with Crippen LogP contribution in [0.5, 0.6) is 0 Å². The number of aromatic nitrogens is 1. The van der Waals surface area contributed by atoms with Crippen molar-refractivity contribution < 1.29 is 14.4 Å². The summed E-state index contributed by atoms with van der Waals surface area (Å²) in [7, 11) is 0. The monoisotopic (exact) mass is 233 g/mol. The average molecular weight is 233 g/mol. The number of aliphatic hydroxyl groups excluding tert-OH is 1. The van der Waals surface area contributed by atoms with Crippen LogP contribution in [-0.2, 0) is 11.3 Å². The number of ether oxygens (including phenoxy) is 1. The van der Waals surface area contributed by atoms with Crippen LogP contribution >= 0.6 is 0 Å². The van der Waals surface area contributed by atoms with E-state index < -0.39 is 6.10 Å². The van der Waals surface area contributed by atoms with E-state index in [9.17, 15) is 5.11 Å². The van der Waals surface area contributed by atoms with E-state index in [2.05, 4.69) is 5.16 Å². The van der Waals surface area contributed by atoms with E-state index in [0.29, 0.717) is 17.9 Å². The van der Waals surface area contributed by atoms with Crippen LogP contribution in [0.25, 0.3) is 0 Å². The third kappa shape index (κ3) is 3.15. The molecular formula is C13H15NO3. The number of hydrogen-bond donors (Lipinski definition) is 1. The predicted molar refractivity (Wildman–Crippen MR) is 62.3 cm³/mol. The van der Waals surface area contributed by atoms with E-state index in [-0.39, 0.29) is 6.61 Å². The molecule has 0 spiro atoms. The molecule has 0 unspecified atom stereocenters. The van der Waals surface area contributed by atoms with Gasteiger partial charge in [0.1, 0.15) is 12.4 Å². The van der Waals surface area contributed by atoms with Crippen molar-refractivity contribution in [1.82, 2.24) is 5.16 Å². The van der Waals surface area contributed by atoms with Gasteiger partial charge >= 0.3 is 0 Å². The first-order valence-corrected chi connectivity index (χ1v) is 5.48. The molecule has 2 aromatic rings. The van der Waals surface area contributed by atoms with Gasteiger partial charge in [-0.1, -0.05) is 35.5 Å². The van der Waals surface area contributed by atoms with Gasteiger partial charge in [0.05, 0.1) is 18.9 Å². The first-order chi connectivity index (χ1) is 8.27. The van der Waals surface area contributed by atoms with Crippen LogP contribution in [0.3, 0.4) is 0 Å². The largest absolute Gasteiger partial charge is 0.386 e. The predicted octanol–water partition coefficient (Wildman–Crippen LogP) is 2.23. The van der Waals surface area contributed by atoms with Gasteiger partial charge in [0, 0.05) is 5.56 Å². The molecule has 1 aromatic heterocycles. The van der Waals surface area contributed by atoms with Crippen molar-refractivity contribution in [3.05, 3.63) is 53.4 Å². The maximum absolute atomic E-state index is 9.84. The number of benzene rings is 1. The van der Waals surface area contributed by atoms with E-state index in [1.165, 1.54) is 6.26 Å². The fraction of sp³-hybridized carbons (Fsp3) is 0.308. The highest BCUT2D eigenvalue weighted by Crippen LogP contribution is 2.16. The molecule has 1 aromatic carbocycles. The molecule has 0 saturated heterocycles. The summed E-state index contributed by atoms with van der Waals surface area (Å²) in [6.45, 7) is 2.51. The Balaban J connectivity index is 1.81. The number of nitrogens with zero attached hydrogens (tertiary/aromatic N) is 1. The second-order valence-corrected chi connectivity index (χ2v) is 3.87. The van der Waals surface area contributed by atoms with Crippen LogP contribution < -0.4 is 0 Å². The zero-order valence-corrected chi connectivity index (χ0v) is 9.67. The molecule has 0 aliphatic rings. The van der Waals surface area contributed by atoms with E-state index in [1.807, 2.05) is 30.3 Å². The molecule has 4 heteroatoms. The van der Waals surface area contributed by atoms with Gasteiger partial charge < -0.3 is 14.4 Å². The first kappa shape index (κ1) is 11.8. The maximum atomic E-state index is 9.84. The van der Waals surface area contributed by atoms with E-state index >= 15 is 0 Å². The molecular weight excluding hydrogens is 218 g/mol. The summed E-state index contributed by atoms with van der Waals surface area (Å²) in [5.41, 5.74) is 2.46. The summed E-state index contributed by atoms with van der Waals surface area (Å²) in [6, 6.07) is 9.84. The van der Waals surface area contributed by atoms with Crippen molar-refractivity contribution in [2.75, 3.05) is 6.61 Å². The molecule has 17 heavy (non-hydrogen) atoms. The van der Waals surface area contributed by atoms with Crippen LogP contribution in [0.2, 0.25) is 0 Å². The molecule has 0 aliphatic heterocycles. The van der Waals surface area contributed by atoms with Crippen LogP contribution in [0.15, 0.2) is 41.1 Å². The fourth-order valence-corrected chi connectivity index (χ4v) is 1.57. The minimum atomic E-state index is -0.690. The average Bonchev–Trinajstić information content (AvgIpc) is 2.77. The molecule has 0 aliphatic carbocycles. The summed E-state index contributed by atoms with van der Waals surface area (Å²) in [4.78, 5) is 0. The van der Waals surface area contributed by atoms with Gasteiger partial charge in [-0.2, -0.15) is 0 Å². The van der Waals surface area contributed by atoms with Gasteiger partial charge in [0.25, 0.3) is 0 Å². The minimum absolute atomic E-state index is 0.233. The standard InChI is InChI=1S/C13H15NO3/c1-10-12(8-17-14-10)13(15)9-16-7-11-5-3-2-4-6-11/h2-6,8,13,15H,7,9H2,1H3/t13-/m1/s1. The van der Waals surface area contributed by atoms with Crippen molar-refractivity contribution in [2.45, 2.75) is 19.6 Å². The van der Waals surface area contributed by atoms with Gasteiger partial charge in [0.15, 0.2) is 0 Å². The first-order valence-electron chi connectivity index (χ1n) is 5.48. The molecule has 1 atom stereocenters. The van der Waals surface area contributed by atoms with Crippen molar-refractivity contribution in [2.24, 2.45) is 0 Å². The Bertz CT molecular complexity index is 453. The summed E-state index contributed by atoms with van der Waals surface area (Å²) in [5.74, 6) is 0. The Morgan fingerprint density at radius 2 is 2.12 bits per heavy atom. The molecule has 2 rings (SSSR count). The lowest BCUT2D eigenvalue weighted by Crippen LogP contribution is -2.07. The number of rotatable bonds is 5. The lowest BCUT2D eigenvalue weighted by atomic mass is 10.1. The summed E-state index contributed by atoms with van der Waals surface area (Å²) >= 11 is 0. The van der Waals surface area contributed by atoms with Crippen molar-refractivity contribution >= 4 is 0 Å². The molecule has 0 radical (unpaired) electrons. The molecule has 0 bridgehead atoms. The Morgan fingerprint density at radius 3 is 2.76 bits per heavy atom. The van der Waals surface area contributed by atoms with Crippen LogP contribution in [0.1, 0.15) is 22.9 Å². The second-order valence-electron chi connectivity index (χ2n) is 3.87.